The number of ether oxygens (including phenoxy) is 1. The molecule has 6 heteroatoms. The van der Waals surface area contributed by atoms with Gasteiger partial charge < -0.3 is 9.30 Å². The van der Waals surface area contributed by atoms with Crippen LogP contribution in [0.3, 0.4) is 0 Å². The predicted molar refractivity (Wildman–Crippen MR) is 133 cm³/mol. The van der Waals surface area contributed by atoms with E-state index in [4.69, 9.17) is 9.72 Å². The molecule has 0 spiro atoms. The largest absolute Gasteiger partial charge is 0.497 e. The van der Waals surface area contributed by atoms with E-state index in [9.17, 15) is 0 Å². The van der Waals surface area contributed by atoms with Crippen LogP contribution in [0.25, 0.3) is 22.4 Å². The Morgan fingerprint density at radius 2 is 1.78 bits per heavy atom. The summed E-state index contributed by atoms with van der Waals surface area (Å²) in [6.07, 6.45) is 0. The molecule has 3 aromatic carbocycles. The molecule has 0 aliphatic carbocycles. The van der Waals surface area contributed by atoms with Crippen LogP contribution >= 0.6 is 11.8 Å². The highest BCUT2D eigenvalue weighted by Crippen LogP contribution is 2.30. The number of nitrogens with zero attached hydrogens (tertiary/aromatic N) is 3. The molecule has 0 saturated carbocycles. The lowest BCUT2D eigenvalue weighted by atomic mass is 10.1. The van der Waals surface area contributed by atoms with Crippen molar-refractivity contribution in [2.24, 2.45) is 5.10 Å². The van der Waals surface area contributed by atoms with Crippen molar-refractivity contribution in [1.29, 1.82) is 0 Å². The third kappa shape index (κ3) is 3.89. The number of imidazole rings is 1. The van der Waals surface area contributed by atoms with Crippen molar-refractivity contribution < 1.29 is 4.74 Å². The molecule has 0 radical (unpaired) electrons. The van der Waals surface area contributed by atoms with Crippen molar-refractivity contribution in [3.05, 3.63) is 95.5 Å². The summed E-state index contributed by atoms with van der Waals surface area (Å²) in [6.45, 7) is 6.86. The Morgan fingerprint density at radius 1 is 1.03 bits per heavy atom. The summed E-state index contributed by atoms with van der Waals surface area (Å²) in [5.74, 6) is 1.76. The quantitative estimate of drug-likeness (QED) is 0.435. The number of nitrogens with one attached hydrogen (secondary N) is 1. The Hall–Kier alpha value is -3.51. The Labute approximate surface area is 191 Å². The maximum Gasteiger partial charge on any atom is 0.141 e. The van der Waals surface area contributed by atoms with Crippen LogP contribution in [-0.4, -0.2) is 27.6 Å². The number of hydrogen-bond donors (Lipinski definition) is 1. The highest BCUT2D eigenvalue weighted by atomic mass is 32.2. The number of methoxy groups -OCH3 is 1. The van der Waals surface area contributed by atoms with Gasteiger partial charge in [-0.05, 0) is 48.9 Å². The van der Waals surface area contributed by atoms with E-state index in [0.717, 1.165) is 51.0 Å². The van der Waals surface area contributed by atoms with Gasteiger partial charge in [0, 0.05) is 17.7 Å². The molecule has 1 N–H and O–H groups in total. The summed E-state index contributed by atoms with van der Waals surface area (Å²) in [7, 11) is 1.68. The highest BCUT2D eigenvalue weighted by molar-refractivity contribution is 8.04. The molecule has 5 rings (SSSR count). The summed E-state index contributed by atoms with van der Waals surface area (Å²) >= 11 is 1.69. The van der Waals surface area contributed by atoms with E-state index in [1.807, 2.05) is 18.2 Å². The third-order valence-corrected chi connectivity index (χ3v) is 6.53. The first kappa shape index (κ1) is 20.4. The van der Waals surface area contributed by atoms with Gasteiger partial charge in [0.1, 0.15) is 11.6 Å². The van der Waals surface area contributed by atoms with Crippen molar-refractivity contribution >= 4 is 28.5 Å². The Bertz CT molecular complexity index is 1310. The fourth-order valence-corrected chi connectivity index (χ4v) is 4.81. The average molecular weight is 441 g/mol. The second-order valence-corrected chi connectivity index (χ2v) is 9.17. The Kier molecular flexibility index (Phi) is 5.45. The van der Waals surface area contributed by atoms with E-state index in [2.05, 4.69) is 83.2 Å². The number of rotatable bonds is 5. The first-order valence-corrected chi connectivity index (χ1v) is 11.4. The van der Waals surface area contributed by atoms with E-state index in [0.29, 0.717) is 0 Å². The summed E-state index contributed by atoms with van der Waals surface area (Å²) in [4.78, 5) is 5.05. The van der Waals surface area contributed by atoms with Crippen molar-refractivity contribution in [3.63, 3.8) is 0 Å². The molecule has 0 fully saturated rings. The van der Waals surface area contributed by atoms with Gasteiger partial charge in [-0.3, -0.25) is 5.43 Å². The second-order valence-electron chi connectivity index (χ2n) is 7.73. The first-order chi connectivity index (χ1) is 15.6. The van der Waals surface area contributed by atoms with Crippen LogP contribution < -0.4 is 10.2 Å². The van der Waals surface area contributed by atoms with Gasteiger partial charge in [-0.2, -0.15) is 5.10 Å². The highest BCUT2D eigenvalue weighted by Gasteiger charge is 2.21. The molecule has 4 aromatic rings. The number of hydrogen-bond acceptors (Lipinski definition) is 5. The Morgan fingerprint density at radius 3 is 2.50 bits per heavy atom. The van der Waals surface area contributed by atoms with Crippen LogP contribution in [0.1, 0.15) is 18.1 Å². The maximum atomic E-state index is 5.34. The maximum absolute atomic E-state index is 5.34. The van der Waals surface area contributed by atoms with E-state index >= 15 is 0 Å². The lowest BCUT2D eigenvalue weighted by Gasteiger charge is -2.21. The lowest BCUT2D eigenvalue weighted by molar-refractivity contribution is 0.415. The molecule has 5 nitrogen and oxygen atoms in total. The van der Waals surface area contributed by atoms with Crippen LogP contribution in [0, 0.1) is 0 Å². The molecule has 160 valence electrons. The van der Waals surface area contributed by atoms with Gasteiger partial charge in [-0.25, -0.2) is 4.98 Å². The molecule has 0 amide bonds. The molecule has 32 heavy (non-hydrogen) atoms. The van der Waals surface area contributed by atoms with E-state index in [-0.39, 0.29) is 5.25 Å². The van der Waals surface area contributed by atoms with E-state index in [1.54, 1.807) is 18.9 Å². The van der Waals surface area contributed by atoms with Crippen LogP contribution in [0.2, 0.25) is 0 Å². The predicted octanol–water partition coefficient (Wildman–Crippen LogP) is 5.66. The molecule has 1 aliphatic rings. The minimum absolute atomic E-state index is 0.230. The first-order valence-electron chi connectivity index (χ1n) is 10.5. The van der Waals surface area contributed by atoms with E-state index < -0.39 is 0 Å². The fraction of sp³-hybridized carbons (Fsp3) is 0.154. The average Bonchev–Trinajstić information content (AvgIpc) is 3.17. The zero-order chi connectivity index (χ0) is 22.1. The van der Waals surface area contributed by atoms with Gasteiger partial charge in [0.25, 0.3) is 0 Å². The monoisotopic (exact) mass is 440 g/mol. The minimum atomic E-state index is 0.230. The van der Waals surface area contributed by atoms with Gasteiger partial charge >= 0.3 is 0 Å². The van der Waals surface area contributed by atoms with Crippen molar-refractivity contribution in [3.8, 4) is 17.1 Å². The number of benzene rings is 3. The molecule has 1 atom stereocenters. The SMILES string of the molecule is C=C1NN=C(c2ccc3c(c2)nc(-c2ccc(OC)cc2)n3Cc2ccccc2)C(C)S1. The fourth-order valence-electron chi connectivity index (χ4n) is 3.98. The molecule has 1 aromatic heterocycles. The van der Waals surface area contributed by atoms with Crippen molar-refractivity contribution in [2.45, 2.75) is 18.7 Å². The standard InChI is InChI=1S/C26H24N4OS/c1-17-25(29-28-18(2)32-17)21-11-14-24-23(15-21)27-26(20-9-12-22(31-3)13-10-20)30(24)16-19-7-5-4-6-8-19/h4-15,17,28H,2,16H2,1,3H3. The topological polar surface area (TPSA) is 51.4 Å². The molecule has 1 aliphatic heterocycles. The zero-order valence-corrected chi connectivity index (χ0v) is 18.9. The molecular weight excluding hydrogens is 416 g/mol. The number of hydrazone groups is 1. The van der Waals surface area contributed by atoms with Crippen LogP contribution in [0.4, 0.5) is 0 Å². The third-order valence-electron chi connectivity index (χ3n) is 5.58. The molecule has 1 unspecified atom stereocenters. The number of aromatic nitrogens is 2. The molecule has 0 bridgehead atoms. The Balaban J connectivity index is 1.63. The summed E-state index contributed by atoms with van der Waals surface area (Å²) in [6, 6.07) is 25.0. The van der Waals surface area contributed by atoms with Crippen LogP contribution in [0.5, 0.6) is 5.75 Å². The van der Waals surface area contributed by atoms with Crippen LogP contribution in [-0.2, 0) is 6.54 Å². The van der Waals surface area contributed by atoms with Crippen molar-refractivity contribution in [1.82, 2.24) is 15.0 Å². The van der Waals surface area contributed by atoms with Gasteiger partial charge in [-0.1, -0.05) is 54.7 Å². The van der Waals surface area contributed by atoms with Gasteiger partial charge in [0.15, 0.2) is 0 Å². The normalized spacial score (nSPS) is 16.0. The second kappa shape index (κ2) is 8.55. The van der Waals surface area contributed by atoms with E-state index in [1.165, 1.54) is 5.56 Å². The molecular formula is C26H24N4OS. The number of thioether (sulfide) groups is 1. The summed E-state index contributed by atoms with van der Waals surface area (Å²) in [5, 5.41) is 5.64. The van der Waals surface area contributed by atoms with Gasteiger partial charge in [0.2, 0.25) is 0 Å². The minimum Gasteiger partial charge on any atom is -0.497 e. The molecule has 0 saturated heterocycles. The van der Waals surface area contributed by atoms with Gasteiger partial charge in [0.05, 0.1) is 34.1 Å². The molecule has 2 heterocycles. The summed E-state index contributed by atoms with van der Waals surface area (Å²) in [5.41, 5.74) is 9.42. The van der Waals surface area contributed by atoms with Crippen molar-refractivity contribution in [2.75, 3.05) is 7.11 Å². The van der Waals surface area contributed by atoms with Crippen LogP contribution in [0.15, 0.2) is 89.5 Å². The smallest absolute Gasteiger partial charge is 0.141 e. The van der Waals surface area contributed by atoms with Gasteiger partial charge in [-0.15, -0.1) is 0 Å². The lowest BCUT2D eigenvalue weighted by Crippen LogP contribution is -2.25. The zero-order valence-electron chi connectivity index (χ0n) is 18.1. The summed E-state index contributed by atoms with van der Waals surface area (Å²) < 4.78 is 7.61. The number of fused-ring (bicyclic) bond motifs is 1.